The molecule has 108 valence electrons. The molecule has 2 rings (SSSR count). The molecule has 1 aliphatic rings. The van der Waals surface area contributed by atoms with Crippen molar-refractivity contribution in [2.24, 2.45) is 13.0 Å². The Balaban J connectivity index is 1.94. The number of hydrogen-bond acceptors (Lipinski definition) is 3. The highest BCUT2D eigenvalue weighted by molar-refractivity contribution is 9.09. The summed E-state index contributed by atoms with van der Waals surface area (Å²) >= 11 is 3.60. The van der Waals surface area contributed by atoms with Gasteiger partial charge in [-0.3, -0.25) is 0 Å². The van der Waals surface area contributed by atoms with E-state index in [-0.39, 0.29) is 5.03 Å². The van der Waals surface area contributed by atoms with Crippen LogP contribution in [0, 0.1) is 12.8 Å². The summed E-state index contributed by atoms with van der Waals surface area (Å²) < 4.78 is 28.6. The van der Waals surface area contributed by atoms with Gasteiger partial charge in [0, 0.05) is 24.6 Å². The van der Waals surface area contributed by atoms with E-state index in [4.69, 9.17) is 0 Å². The van der Waals surface area contributed by atoms with Crippen molar-refractivity contribution in [2.45, 2.75) is 42.5 Å². The second kappa shape index (κ2) is 5.93. The summed E-state index contributed by atoms with van der Waals surface area (Å²) in [7, 11) is -1.68. The van der Waals surface area contributed by atoms with E-state index in [2.05, 4.69) is 25.6 Å². The molecule has 1 fully saturated rings. The number of hydrogen-bond donors (Lipinski definition) is 1. The van der Waals surface area contributed by atoms with Gasteiger partial charge < -0.3 is 4.57 Å². The van der Waals surface area contributed by atoms with Crippen LogP contribution in [-0.4, -0.2) is 29.3 Å². The minimum absolute atomic E-state index is 0.113. The predicted octanol–water partition coefficient (Wildman–Crippen LogP) is 1.96. The highest BCUT2D eigenvalue weighted by atomic mass is 79.9. The molecular formula is C12H20BrN3O2S. The van der Waals surface area contributed by atoms with Gasteiger partial charge in [0.2, 0.25) is 0 Å². The summed E-state index contributed by atoms with van der Waals surface area (Å²) in [5.41, 5.74) is 0. The molecule has 0 saturated heterocycles. The smallest absolute Gasteiger partial charge is 0.259 e. The molecule has 0 spiro atoms. The van der Waals surface area contributed by atoms with Gasteiger partial charge in [0.1, 0.15) is 5.82 Å². The van der Waals surface area contributed by atoms with Crippen LogP contribution in [0.2, 0.25) is 0 Å². The first-order valence-electron chi connectivity index (χ1n) is 6.52. The van der Waals surface area contributed by atoms with E-state index in [0.29, 0.717) is 23.1 Å². The topological polar surface area (TPSA) is 64.0 Å². The van der Waals surface area contributed by atoms with Gasteiger partial charge in [-0.15, -0.1) is 0 Å². The molecule has 7 heteroatoms. The summed E-state index contributed by atoms with van der Waals surface area (Å²) in [5, 5.41) is 0.113. The Bertz CT molecular complexity index is 514. The van der Waals surface area contributed by atoms with Crippen LogP contribution in [-0.2, 0) is 17.1 Å². The molecule has 0 unspecified atom stereocenters. The molecule has 1 saturated carbocycles. The Morgan fingerprint density at radius 3 is 2.58 bits per heavy atom. The number of aromatic nitrogens is 2. The van der Waals surface area contributed by atoms with E-state index >= 15 is 0 Å². The fourth-order valence-corrected chi connectivity index (χ4v) is 3.96. The van der Waals surface area contributed by atoms with Crippen LogP contribution in [0.15, 0.2) is 11.2 Å². The van der Waals surface area contributed by atoms with E-state index in [0.717, 1.165) is 25.7 Å². The molecule has 0 bridgehead atoms. The summed E-state index contributed by atoms with van der Waals surface area (Å²) in [6, 6.07) is 0. The summed E-state index contributed by atoms with van der Waals surface area (Å²) in [5.74, 6) is 1.13. The van der Waals surface area contributed by atoms with Crippen molar-refractivity contribution in [3.63, 3.8) is 0 Å². The lowest BCUT2D eigenvalue weighted by Gasteiger charge is -2.25. The number of alkyl halides is 1. The second-order valence-corrected chi connectivity index (χ2v) is 8.22. The molecule has 0 amide bonds. The first-order chi connectivity index (χ1) is 8.88. The number of halogens is 1. The molecule has 0 aliphatic heterocycles. The lowest BCUT2D eigenvalue weighted by atomic mass is 9.89. The summed E-state index contributed by atoms with van der Waals surface area (Å²) in [4.78, 5) is 4.66. The Hall–Kier alpha value is -0.400. The van der Waals surface area contributed by atoms with E-state index in [1.165, 1.54) is 0 Å². The third-order valence-electron chi connectivity index (χ3n) is 3.70. The van der Waals surface area contributed by atoms with Crippen molar-refractivity contribution in [1.82, 2.24) is 14.3 Å². The zero-order chi connectivity index (χ0) is 14.0. The van der Waals surface area contributed by atoms with Gasteiger partial charge in [-0.1, -0.05) is 15.9 Å². The van der Waals surface area contributed by atoms with Crippen LogP contribution < -0.4 is 4.72 Å². The molecule has 0 atom stereocenters. The fraction of sp³-hybridized carbons (Fsp3) is 0.750. The van der Waals surface area contributed by atoms with E-state index in [1.807, 2.05) is 0 Å². The molecule has 5 nitrogen and oxygen atoms in total. The number of imidazole rings is 1. The highest BCUT2D eigenvalue weighted by Gasteiger charge is 2.23. The Morgan fingerprint density at radius 1 is 1.42 bits per heavy atom. The van der Waals surface area contributed by atoms with Crippen molar-refractivity contribution < 1.29 is 8.42 Å². The van der Waals surface area contributed by atoms with Gasteiger partial charge in [0.25, 0.3) is 10.0 Å². The number of nitrogens with zero attached hydrogens (tertiary/aromatic N) is 2. The Morgan fingerprint density at radius 2 is 2.05 bits per heavy atom. The molecule has 1 heterocycles. The summed E-state index contributed by atoms with van der Waals surface area (Å²) in [6.45, 7) is 2.30. The van der Waals surface area contributed by atoms with Crippen molar-refractivity contribution in [2.75, 3.05) is 6.54 Å². The SMILES string of the molecule is Cc1nc(S(=O)(=O)NCC2CCC(Br)CC2)cn1C. The standard InChI is InChI=1S/C12H20BrN3O2S/c1-9-15-12(8-16(9)2)19(17,18)14-7-10-3-5-11(13)6-4-10/h8,10-11,14H,3-7H2,1-2H3. The van der Waals surface area contributed by atoms with Gasteiger partial charge in [-0.25, -0.2) is 18.1 Å². The number of aryl methyl sites for hydroxylation is 2. The zero-order valence-electron chi connectivity index (χ0n) is 11.3. The minimum atomic E-state index is -3.47. The van der Waals surface area contributed by atoms with E-state index in [1.54, 1.807) is 24.7 Å². The van der Waals surface area contributed by atoms with Gasteiger partial charge in [0.15, 0.2) is 5.03 Å². The van der Waals surface area contributed by atoms with Crippen molar-refractivity contribution in [1.29, 1.82) is 0 Å². The van der Waals surface area contributed by atoms with E-state index < -0.39 is 10.0 Å². The molecule has 0 aromatic carbocycles. The quantitative estimate of drug-likeness (QED) is 0.845. The maximum atomic E-state index is 12.1. The lowest BCUT2D eigenvalue weighted by molar-refractivity contribution is 0.366. The van der Waals surface area contributed by atoms with Crippen LogP contribution in [0.1, 0.15) is 31.5 Å². The second-order valence-electron chi connectivity index (χ2n) is 5.21. The predicted molar refractivity (Wildman–Crippen MR) is 77.8 cm³/mol. The van der Waals surface area contributed by atoms with E-state index in [9.17, 15) is 8.42 Å². The molecule has 1 aliphatic carbocycles. The van der Waals surface area contributed by atoms with Gasteiger partial charge >= 0.3 is 0 Å². The molecule has 1 aromatic heterocycles. The third kappa shape index (κ3) is 3.79. The Labute approximate surface area is 123 Å². The molecule has 1 aromatic rings. The zero-order valence-corrected chi connectivity index (χ0v) is 13.7. The average molecular weight is 350 g/mol. The van der Waals surface area contributed by atoms with Crippen molar-refractivity contribution in [3.05, 3.63) is 12.0 Å². The maximum absolute atomic E-state index is 12.1. The van der Waals surface area contributed by atoms with Crippen molar-refractivity contribution in [3.8, 4) is 0 Å². The summed E-state index contributed by atoms with van der Waals surface area (Å²) in [6.07, 6.45) is 5.93. The monoisotopic (exact) mass is 349 g/mol. The largest absolute Gasteiger partial charge is 0.337 e. The van der Waals surface area contributed by atoms with Crippen LogP contribution in [0.3, 0.4) is 0 Å². The number of sulfonamides is 1. The van der Waals surface area contributed by atoms with Gasteiger partial charge in [0.05, 0.1) is 0 Å². The van der Waals surface area contributed by atoms with Crippen LogP contribution >= 0.6 is 15.9 Å². The lowest BCUT2D eigenvalue weighted by Crippen LogP contribution is -2.31. The third-order valence-corrected chi connectivity index (χ3v) is 5.91. The first-order valence-corrected chi connectivity index (χ1v) is 8.92. The van der Waals surface area contributed by atoms with Gasteiger partial charge in [-0.05, 0) is 38.5 Å². The first kappa shape index (κ1) is 15.0. The number of rotatable bonds is 4. The van der Waals surface area contributed by atoms with Crippen LogP contribution in [0.25, 0.3) is 0 Å². The highest BCUT2D eigenvalue weighted by Crippen LogP contribution is 2.28. The molecular weight excluding hydrogens is 330 g/mol. The minimum Gasteiger partial charge on any atom is -0.337 e. The molecule has 1 N–H and O–H groups in total. The molecule has 0 radical (unpaired) electrons. The normalized spacial score (nSPS) is 24.6. The van der Waals surface area contributed by atoms with Crippen LogP contribution in [0.4, 0.5) is 0 Å². The van der Waals surface area contributed by atoms with Gasteiger partial charge in [-0.2, -0.15) is 0 Å². The number of nitrogens with one attached hydrogen (secondary N) is 1. The maximum Gasteiger partial charge on any atom is 0.259 e. The van der Waals surface area contributed by atoms with Crippen LogP contribution in [0.5, 0.6) is 0 Å². The fourth-order valence-electron chi connectivity index (χ4n) is 2.28. The average Bonchev–Trinajstić information content (AvgIpc) is 2.70. The van der Waals surface area contributed by atoms with Crippen molar-refractivity contribution >= 4 is 26.0 Å². The Kier molecular flexibility index (Phi) is 4.68. The molecule has 19 heavy (non-hydrogen) atoms.